The van der Waals surface area contributed by atoms with E-state index in [9.17, 15) is 13.2 Å². The molecule has 27 heavy (non-hydrogen) atoms. The van der Waals surface area contributed by atoms with Crippen molar-refractivity contribution in [3.05, 3.63) is 18.2 Å². The first-order chi connectivity index (χ1) is 12.8. The maximum Gasteiger partial charge on any atom is 0.241 e. The summed E-state index contributed by atoms with van der Waals surface area (Å²) in [7, 11) is -3.90. The van der Waals surface area contributed by atoms with Gasteiger partial charge in [-0.15, -0.1) is 0 Å². The lowest BCUT2D eigenvalue weighted by Crippen LogP contribution is -2.55. The molecule has 0 aliphatic carbocycles. The zero-order chi connectivity index (χ0) is 19.6. The third kappa shape index (κ3) is 4.53. The van der Waals surface area contributed by atoms with Crippen LogP contribution >= 0.6 is 0 Å². The molecular weight excluding hydrogens is 372 g/mol. The Labute approximate surface area is 159 Å². The molecule has 0 saturated carbocycles. The topological polar surface area (TPSA) is 94.2 Å². The highest BCUT2D eigenvalue weighted by Crippen LogP contribution is 2.32. The molecule has 0 aromatic heterocycles. The minimum atomic E-state index is -3.90. The number of sulfonamides is 1. The molecule has 2 atom stereocenters. The second-order valence-electron chi connectivity index (χ2n) is 7.11. The molecule has 0 spiro atoms. The van der Waals surface area contributed by atoms with Gasteiger partial charge in [-0.2, -0.15) is 4.72 Å². The first-order valence-electron chi connectivity index (χ1n) is 9.10. The van der Waals surface area contributed by atoms with Crippen molar-refractivity contribution in [3.8, 4) is 11.5 Å². The van der Waals surface area contributed by atoms with E-state index in [1.54, 1.807) is 11.0 Å². The van der Waals surface area contributed by atoms with Crippen molar-refractivity contribution >= 4 is 15.9 Å². The van der Waals surface area contributed by atoms with Gasteiger partial charge in [0.15, 0.2) is 11.5 Å². The van der Waals surface area contributed by atoms with Crippen LogP contribution in [0.15, 0.2) is 23.1 Å². The molecule has 1 N–H and O–H groups in total. The van der Waals surface area contributed by atoms with Gasteiger partial charge in [-0.3, -0.25) is 4.79 Å². The number of nitrogens with one attached hydrogen (secondary N) is 1. The van der Waals surface area contributed by atoms with Gasteiger partial charge in [0.1, 0.15) is 19.3 Å². The fourth-order valence-corrected chi connectivity index (χ4v) is 4.47. The number of nitrogens with zero attached hydrogens (tertiary/aromatic N) is 1. The number of morpholine rings is 1. The fourth-order valence-electron chi connectivity index (χ4n) is 3.11. The van der Waals surface area contributed by atoms with E-state index in [-0.39, 0.29) is 22.8 Å². The number of fused-ring (bicyclic) bond motifs is 1. The highest BCUT2D eigenvalue weighted by atomic mass is 32.2. The Morgan fingerprint density at radius 2 is 1.89 bits per heavy atom. The van der Waals surface area contributed by atoms with E-state index in [2.05, 4.69) is 4.72 Å². The Balaban J connectivity index is 1.79. The van der Waals surface area contributed by atoms with Crippen LogP contribution in [0.25, 0.3) is 0 Å². The van der Waals surface area contributed by atoms with E-state index in [1.807, 2.05) is 20.8 Å². The SMILES string of the molecule is CC1CN(C(=O)C(NS(=O)(=O)c2ccc3c(c2)OCCO3)C(C)C)CCO1. The van der Waals surface area contributed by atoms with Crippen LogP contribution in [-0.2, 0) is 19.6 Å². The quantitative estimate of drug-likeness (QED) is 0.796. The Bertz CT molecular complexity index is 795. The summed E-state index contributed by atoms with van der Waals surface area (Å²) in [5.74, 6) is 0.460. The maximum atomic E-state index is 12.9. The Kier molecular flexibility index (Phi) is 5.92. The predicted octanol–water partition coefficient (Wildman–Crippen LogP) is 1.01. The van der Waals surface area contributed by atoms with Gasteiger partial charge < -0.3 is 19.1 Å². The first-order valence-corrected chi connectivity index (χ1v) is 10.6. The fraction of sp³-hybridized carbons (Fsp3) is 0.611. The minimum absolute atomic E-state index is 0.0422. The summed E-state index contributed by atoms with van der Waals surface area (Å²) < 4.78 is 44.7. The van der Waals surface area contributed by atoms with Gasteiger partial charge in [0.2, 0.25) is 15.9 Å². The second-order valence-corrected chi connectivity index (χ2v) is 8.83. The summed E-state index contributed by atoms with van der Waals surface area (Å²) in [6, 6.07) is 3.59. The molecule has 1 amide bonds. The van der Waals surface area contributed by atoms with Gasteiger partial charge in [-0.05, 0) is 25.0 Å². The summed E-state index contributed by atoms with van der Waals surface area (Å²) in [5, 5.41) is 0. The van der Waals surface area contributed by atoms with Crippen molar-refractivity contribution in [3.63, 3.8) is 0 Å². The first kappa shape index (κ1) is 19.9. The molecule has 2 aliphatic rings. The van der Waals surface area contributed by atoms with E-state index in [0.717, 1.165) is 0 Å². The van der Waals surface area contributed by atoms with Crippen molar-refractivity contribution in [2.24, 2.45) is 5.92 Å². The average molecular weight is 398 g/mol. The van der Waals surface area contributed by atoms with Crippen LogP contribution < -0.4 is 14.2 Å². The number of carbonyl (C=O) groups is 1. The molecule has 0 bridgehead atoms. The highest BCUT2D eigenvalue weighted by Gasteiger charge is 2.33. The van der Waals surface area contributed by atoms with Crippen molar-refractivity contribution in [1.29, 1.82) is 0 Å². The van der Waals surface area contributed by atoms with Gasteiger partial charge in [0.05, 0.1) is 17.6 Å². The van der Waals surface area contributed by atoms with Gasteiger partial charge in [-0.1, -0.05) is 13.8 Å². The maximum absolute atomic E-state index is 12.9. The standard InChI is InChI=1S/C18H26N2O6S/c1-12(2)17(18(21)20-6-7-24-13(3)11-20)19-27(22,23)14-4-5-15-16(10-14)26-9-8-25-15/h4-5,10,12-13,17,19H,6-9,11H2,1-3H3. The molecule has 150 valence electrons. The lowest BCUT2D eigenvalue weighted by molar-refractivity contribution is -0.141. The molecule has 1 aromatic carbocycles. The molecule has 2 aliphatic heterocycles. The van der Waals surface area contributed by atoms with Crippen LogP contribution in [0.1, 0.15) is 20.8 Å². The van der Waals surface area contributed by atoms with Crippen molar-refractivity contribution in [1.82, 2.24) is 9.62 Å². The normalized spacial score (nSPS) is 21.2. The molecule has 8 nitrogen and oxygen atoms in total. The van der Waals surface area contributed by atoms with E-state index in [0.29, 0.717) is 44.4 Å². The van der Waals surface area contributed by atoms with E-state index < -0.39 is 16.1 Å². The molecule has 2 heterocycles. The molecule has 1 fully saturated rings. The number of carbonyl (C=O) groups excluding carboxylic acids is 1. The Hall–Kier alpha value is -1.84. The zero-order valence-corrected chi connectivity index (χ0v) is 16.6. The van der Waals surface area contributed by atoms with Crippen LogP contribution in [0.3, 0.4) is 0 Å². The molecule has 3 rings (SSSR count). The highest BCUT2D eigenvalue weighted by molar-refractivity contribution is 7.89. The van der Waals surface area contributed by atoms with E-state index in [4.69, 9.17) is 14.2 Å². The number of benzene rings is 1. The number of ether oxygens (including phenoxy) is 3. The summed E-state index contributed by atoms with van der Waals surface area (Å²) in [5.41, 5.74) is 0. The monoisotopic (exact) mass is 398 g/mol. The molecule has 1 aromatic rings. The number of hydrogen-bond acceptors (Lipinski definition) is 6. The summed E-state index contributed by atoms with van der Waals surface area (Å²) in [4.78, 5) is 14.6. The van der Waals surface area contributed by atoms with Crippen LogP contribution in [0, 0.1) is 5.92 Å². The average Bonchev–Trinajstić information content (AvgIpc) is 2.65. The molecule has 1 saturated heterocycles. The van der Waals surface area contributed by atoms with Crippen molar-refractivity contribution in [2.45, 2.75) is 37.8 Å². The lowest BCUT2D eigenvalue weighted by atomic mass is 10.0. The van der Waals surface area contributed by atoms with Gasteiger partial charge in [0.25, 0.3) is 0 Å². The molecule has 9 heteroatoms. The number of amides is 1. The third-order valence-corrected chi connectivity index (χ3v) is 6.03. The summed E-state index contributed by atoms with van der Waals surface area (Å²) in [6.07, 6.45) is -0.0649. The number of hydrogen-bond donors (Lipinski definition) is 1. The molecular formula is C18H26N2O6S. The summed E-state index contributed by atoms with van der Waals surface area (Å²) in [6.45, 7) is 7.69. The Morgan fingerprint density at radius 1 is 1.19 bits per heavy atom. The van der Waals surface area contributed by atoms with Gasteiger partial charge >= 0.3 is 0 Å². The van der Waals surface area contributed by atoms with Crippen LogP contribution in [0.4, 0.5) is 0 Å². The molecule has 2 unspecified atom stereocenters. The molecule has 0 radical (unpaired) electrons. The van der Waals surface area contributed by atoms with Crippen LogP contribution in [0.5, 0.6) is 11.5 Å². The van der Waals surface area contributed by atoms with Crippen molar-refractivity contribution < 1.29 is 27.4 Å². The zero-order valence-electron chi connectivity index (χ0n) is 15.8. The lowest BCUT2D eigenvalue weighted by Gasteiger charge is -2.34. The second kappa shape index (κ2) is 8.04. The predicted molar refractivity (Wildman–Crippen MR) is 98.4 cm³/mol. The summed E-state index contributed by atoms with van der Waals surface area (Å²) >= 11 is 0. The van der Waals surface area contributed by atoms with E-state index >= 15 is 0 Å². The van der Waals surface area contributed by atoms with E-state index in [1.165, 1.54) is 12.1 Å². The van der Waals surface area contributed by atoms with Crippen LogP contribution in [-0.4, -0.2) is 64.3 Å². The smallest absolute Gasteiger partial charge is 0.241 e. The van der Waals surface area contributed by atoms with Gasteiger partial charge in [0, 0.05) is 19.2 Å². The number of rotatable bonds is 5. The minimum Gasteiger partial charge on any atom is -0.486 e. The van der Waals surface area contributed by atoms with Crippen LogP contribution in [0.2, 0.25) is 0 Å². The van der Waals surface area contributed by atoms with Gasteiger partial charge in [-0.25, -0.2) is 8.42 Å². The van der Waals surface area contributed by atoms with Crippen molar-refractivity contribution in [2.75, 3.05) is 32.9 Å². The Morgan fingerprint density at radius 3 is 2.56 bits per heavy atom. The largest absolute Gasteiger partial charge is 0.486 e. The third-order valence-electron chi connectivity index (χ3n) is 4.59.